The molecule has 4 N–H and O–H groups in total. The molecule has 0 spiro atoms. The second-order valence-corrected chi connectivity index (χ2v) is 15.0. The summed E-state index contributed by atoms with van der Waals surface area (Å²) >= 11 is 0. The highest BCUT2D eigenvalue weighted by molar-refractivity contribution is 5.95. The smallest absolute Gasteiger partial charge is 0.436 e. The average Bonchev–Trinajstić information content (AvgIpc) is 3.20. The van der Waals surface area contributed by atoms with Crippen molar-refractivity contribution in [2.45, 2.75) is 76.7 Å². The van der Waals surface area contributed by atoms with Gasteiger partial charge in [-0.1, -0.05) is 80.6 Å². The van der Waals surface area contributed by atoms with E-state index in [9.17, 15) is 34.5 Å². The normalized spacial score (nSPS) is 18.6. The molecule has 13 nitrogen and oxygen atoms in total. The van der Waals surface area contributed by atoms with Gasteiger partial charge in [-0.3, -0.25) is 19.2 Å². The van der Waals surface area contributed by atoms with E-state index < -0.39 is 48.2 Å². The lowest BCUT2D eigenvalue weighted by molar-refractivity contribution is -0.267. The maximum absolute atomic E-state index is 15.0. The minimum absolute atomic E-state index is 0.0155. The summed E-state index contributed by atoms with van der Waals surface area (Å²) in [7, 11) is 0. The van der Waals surface area contributed by atoms with Crippen molar-refractivity contribution in [2.75, 3.05) is 19.7 Å². The Morgan fingerprint density at radius 3 is 1.96 bits per heavy atom. The average molecular weight is 779 g/mol. The predicted molar refractivity (Wildman–Crippen MR) is 211 cm³/mol. The highest BCUT2D eigenvalue weighted by atomic mass is 16.7. The van der Waals surface area contributed by atoms with Gasteiger partial charge in [0.05, 0.1) is 13.2 Å². The van der Waals surface area contributed by atoms with Gasteiger partial charge < -0.3 is 35.2 Å². The van der Waals surface area contributed by atoms with Crippen LogP contribution < -0.4 is 5.32 Å². The van der Waals surface area contributed by atoms with Crippen LogP contribution in [0.4, 0.5) is 4.79 Å². The van der Waals surface area contributed by atoms with Gasteiger partial charge in [-0.05, 0) is 77.4 Å². The number of benzene rings is 4. The van der Waals surface area contributed by atoms with Gasteiger partial charge in [0.25, 0.3) is 5.91 Å². The number of phenolic OH excluding ortho intramolecular Hbond substituents is 3. The molecule has 1 unspecified atom stereocenters. The second-order valence-electron chi connectivity index (χ2n) is 15.0. The van der Waals surface area contributed by atoms with E-state index in [1.54, 1.807) is 48.5 Å². The molecule has 4 aromatic rings. The maximum Gasteiger partial charge on any atom is 0.436 e. The SMILES string of the molecule is CC(C)CCCNC(=O)[C@H](Cc1ccc(O)cc1)N1CC2N(C(=O)OCCc3ccc(O)cc3)O[C@H](Cc3ccccc3)C(=O)N2[C@@H](Cc2ccc(O)cc2)C1=O. The molecule has 4 atom stereocenters. The van der Waals surface area contributed by atoms with Crippen LogP contribution in [0.1, 0.15) is 48.9 Å². The van der Waals surface area contributed by atoms with Gasteiger partial charge in [-0.15, -0.1) is 0 Å². The molecule has 4 amide bonds. The summed E-state index contributed by atoms with van der Waals surface area (Å²) in [6, 6.07) is 26.2. The van der Waals surface area contributed by atoms with E-state index >= 15 is 0 Å². The molecule has 0 saturated carbocycles. The highest BCUT2D eigenvalue weighted by Gasteiger charge is 2.55. The van der Waals surface area contributed by atoms with E-state index in [-0.39, 0.29) is 49.7 Å². The number of rotatable bonds is 15. The number of hydrogen-bond acceptors (Lipinski definition) is 9. The van der Waals surface area contributed by atoms with Crippen LogP contribution in [0.25, 0.3) is 0 Å². The number of hydroxylamine groups is 2. The summed E-state index contributed by atoms with van der Waals surface area (Å²) < 4.78 is 5.75. The van der Waals surface area contributed by atoms with Crippen LogP contribution >= 0.6 is 0 Å². The monoisotopic (exact) mass is 778 g/mol. The van der Waals surface area contributed by atoms with E-state index in [1.165, 1.54) is 34.1 Å². The van der Waals surface area contributed by atoms with Crippen molar-refractivity contribution >= 4 is 23.8 Å². The zero-order valence-corrected chi connectivity index (χ0v) is 32.2. The van der Waals surface area contributed by atoms with Crippen molar-refractivity contribution in [3.8, 4) is 17.2 Å². The molecule has 0 bridgehead atoms. The Morgan fingerprint density at radius 2 is 1.35 bits per heavy atom. The summed E-state index contributed by atoms with van der Waals surface area (Å²) in [5.74, 6) is -0.761. The topological polar surface area (TPSA) is 169 Å². The molecule has 13 heteroatoms. The minimum atomic E-state index is -1.19. The first-order valence-electron chi connectivity index (χ1n) is 19.4. The van der Waals surface area contributed by atoms with Crippen LogP contribution in [0.2, 0.25) is 0 Å². The zero-order valence-electron chi connectivity index (χ0n) is 32.2. The number of nitrogens with zero attached hydrogens (tertiary/aromatic N) is 3. The third kappa shape index (κ3) is 10.4. The number of amides is 4. The van der Waals surface area contributed by atoms with Crippen molar-refractivity contribution in [3.05, 3.63) is 125 Å². The van der Waals surface area contributed by atoms with Gasteiger partial charge in [0, 0.05) is 32.2 Å². The Bertz CT molecular complexity index is 1970. The Balaban J connectivity index is 1.37. The number of hydrogen-bond donors (Lipinski definition) is 4. The maximum atomic E-state index is 15.0. The fraction of sp³-hybridized carbons (Fsp3) is 0.364. The van der Waals surface area contributed by atoms with Crippen LogP contribution in [-0.4, -0.2) is 98.0 Å². The Morgan fingerprint density at radius 1 is 0.772 bits per heavy atom. The highest BCUT2D eigenvalue weighted by Crippen LogP contribution is 2.33. The number of piperazine rings is 1. The number of aromatic hydroxyl groups is 3. The molecular weight excluding hydrogens is 729 g/mol. The first kappa shape index (κ1) is 40.6. The molecule has 2 heterocycles. The van der Waals surface area contributed by atoms with Crippen LogP contribution in [0, 0.1) is 5.92 Å². The third-order valence-electron chi connectivity index (χ3n) is 10.3. The van der Waals surface area contributed by atoms with Gasteiger partial charge in [0.2, 0.25) is 11.8 Å². The molecule has 57 heavy (non-hydrogen) atoms. The number of phenols is 3. The quantitative estimate of drug-likeness (QED) is 0.120. The standard InChI is InChI=1S/C44H50N4O9/c1-29(2)7-6-23-45-41(52)37(25-32-12-18-35(50)19-13-32)46-28-40-47(38(42(46)53)26-33-14-20-36(51)21-15-33)43(54)39(27-31-8-4-3-5-9-31)57-48(40)44(55)56-24-22-30-10-16-34(49)17-11-30/h3-5,8-21,29,37-40,49-51H,6-7,22-28H2,1-2H3,(H,45,52)/t37-,38-,39+,40?/m0/s1. The fourth-order valence-corrected chi connectivity index (χ4v) is 7.24. The third-order valence-corrected chi connectivity index (χ3v) is 10.3. The van der Waals surface area contributed by atoms with E-state index in [1.807, 2.05) is 30.3 Å². The van der Waals surface area contributed by atoms with Crippen molar-refractivity contribution < 1.29 is 44.1 Å². The van der Waals surface area contributed by atoms with Gasteiger partial charge in [0.1, 0.15) is 29.3 Å². The first-order chi connectivity index (χ1) is 27.5. The van der Waals surface area contributed by atoms with E-state index in [0.717, 1.165) is 29.0 Å². The first-order valence-corrected chi connectivity index (χ1v) is 19.4. The van der Waals surface area contributed by atoms with E-state index in [4.69, 9.17) is 9.57 Å². The second kappa shape index (κ2) is 18.7. The Kier molecular flexibility index (Phi) is 13.3. The van der Waals surface area contributed by atoms with Crippen molar-refractivity contribution in [3.63, 3.8) is 0 Å². The molecule has 300 valence electrons. The summed E-state index contributed by atoms with van der Waals surface area (Å²) in [5.41, 5.74) is 2.92. The van der Waals surface area contributed by atoms with Crippen molar-refractivity contribution in [2.24, 2.45) is 5.92 Å². The molecule has 2 fully saturated rings. The summed E-state index contributed by atoms with van der Waals surface area (Å²) in [5, 5.41) is 33.8. The molecule has 2 aliphatic heterocycles. The molecule has 0 aliphatic carbocycles. The van der Waals surface area contributed by atoms with Gasteiger partial charge in [-0.2, -0.15) is 5.06 Å². The van der Waals surface area contributed by atoms with Crippen molar-refractivity contribution in [1.82, 2.24) is 20.2 Å². The number of nitrogens with one attached hydrogen (secondary N) is 1. The summed E-state index contributed by atoms with van der Waals surface area (Å²) in [6.45, 7) is 4.28. The molecule has 2 saturated heterocycles. The number of carbonyl (C=O) groups is 4. The van der Waals surface area contributed by atoms with E-state index in [2.05, 4.69) is 19.2 Å². The lowest BCUT2D eigenvalue weighted by atomic mass is 9.94. The minimum Gasteiger partial charge on any atom is -0.508 e. The van der Waals surface area contributed by atoms with Crippen LogP contribution in [0.3, 0.4) is 0 Å². The number of fused-ring (bicyclic) bond motifs is 1. The van der Waals surface area contributed by atoms with Crippen LogP contribution in [-0.2, 0) is 49.6 Å². The van der Waals surface area contributed by atoms with Gasteiger partial charge >= 0.3 is 6.09 Å². The molecule has 4 aromatic carbocycles. The van der Waals surface area contributed by atoms with Crippen LogP contribution in [0.5, 0.6) is 17.2 Å². The molecule has 6 rings (SSSR count). The number of ether oxygens (including phenoxy) is 1. The lowest BCUT2D eigenvalue weighted by Crippen LogP contribution is -2.75. The van der Waals surface area contributed by atoms with Gasteiger partial charge in [0.15, 0.2) is 12.3 Å². The van der Waals surface area contributed by atoms with Crippen LogP contribution in [0.15, 0.2) is 103 Å². The zero-order chi connectivity index (χ0) is 40.5. The molecule has 0 radical (unpaired) electrons. The summed E-state index contributed by atoms with van der Waals surface area (Å²) in [4.78, 5) is 66.9. The summed E-state index contributed by atoms with van der Waals surface area (Å²) in [6.07, 6.45) is -1.07. The Labute approximate surface area is 332 Å². The van der Waals surface area contributed by atoms with E-state index in [0.29, 0.717) is 30.0 Å². The molecular formula is C44H50N4O9. The molecule has 2 aliphatic rings. The van der Waals surface area contributed by atoms with Gasteiger partial charge in [-0.25, -0.2) is 4.79 Å². The van der Waals surface area contributed by atoms with Crippen molar-refractivity contribution in [1.29, 1.82) is 0 Å². The molecule has 0 aromatic heterocycles. The largest absolute Gasteiger partial charge is 0.508 e. The Hall–Kier alpha value is -6.08. The predicted octanol–water partition coefficient (Wildman–Crippen LogP) is 5.11. The number of carbonyl (C=O) groups excluding carboxylic acids is 4. The lowest BCUT2D eigenvalue weighted by Gasteiger charge is -2.53. The fourth-order valence-electron chi connectivity index (χ4n) is 7.24.